The van der Waals surface area contributed by atoms with Crippen LogP contribution < -0.4 is 0 Å². The standard InChI is InChI=1S/C17H26ClN/c1-13-11-19(10-9-16(13)18)12-14-5-7-15(8-6-14)17(2,3)4/h5-8,13,16H,9-12H2,1-4H3. The summed E-state index contributed by atoms with van der Waals surface area (Å²) in [5, 5.41) is 0.361. The van der Waals surface area contributed by atoms with Gasteiger partial charge in [-0.3, -0.25) is 4.90 Å². The highest BCUT2D eigenvalue weighted by atomic mass is 35.5. The number of piperidine rings is 1. The van der Waals surface area contributed by atoms with E-state index >= 15 is 0 Å². The molecule has 1 nitrogen and oxygen atoms in total. The minimum atomic E-state index is 0.240. The van der Waals surface area contributed by atoms with Gasteiger partial charge in [-0.05, 0) is 35.4 Å². The van der Waals surface area contributed by atoms with E-state index in [0.717, 1.165) is 26.1 Å². The predicted molar refractivity (Wildman–Crippen MR) is 83.8 cm³/mol. The molecule has 2 atom stereocenters. The summed E-state index contributed by atoms with van der Waals surface area (Å²) < 4.78 is 0. The lowest BCUT2D eigenvalue weighted by Gasteiger charge is -2.34. The zero-order chi connectivity index (χ0) is 14.0. The van der Waals surface area contributed by atoms with Crippen LogP contribution in [0.5, 0.6) is 0 Å². The summed E-state index contributed by atoms with van der Waals surface area (Å²) in [6.07, 6.45) is 1.11. The average Bonchev–Trinajstić information content (AvgIpc) is 2.33. The van der Waals surface area contributed by atoms with Gasteiger partial charge in [0.15, 0.2) is 0 Å². The fourth-order valence-corrected chi connectivity index (χ4v) is 2.89. The summed E-state index contributed by atoms with van der Waals surface area (Å²) in [6.45, 7) is 12.3. The van der Waals surface area contributed by atoms with Gasteiger partial charge in [0.05, 0.1) is 0 Å². The van der Waals surface area contributed by atoms with Crippen LogP contribution in [0.15, 0.2) is 24.3 Å². The number of halogens is 1. The van der Waals surface area contributed by atoms with E-state index in [-0.39, 0.29) is 5.41 Å². The van der Waals surface area contributed by atoms with Crippen LogP contribution in [-0.2, 0) is 12.0 Å². The minimum absolute atomic E-state index is 0.240. The topological polar surface area (TPSA) is 3.24 Å². The number of hydrogen-bond donors (Lipinski definition) is 0. The molecule has 0 amide bonds. The van der Waals surface area contributed by atoms with Gasteiger partial charge in [-0.15, -0.1) is 11.6 Å². The molecule has 0 radical (unpaired) electrons. The highest BCUT2D eigenvalue weighted by Gasteiger charge is 2.24. The SMILES string of the molecule is CC1CN(Cc2ccc(C(C)(C)C)cc2)CCC1Cl. The molecule has 2 rings (SSSR count). The van der Waals surface area contributed by atoms with Crippen molar-refractivity contribution < 1.29 is 0 Å². The Balaban J connectivity index is 1.97. The Morgan fingerprint density at radius 1 is 1.21 bits per heavy atom. The largest absolute Gasteiger partial charge is 0.299 e. The molecule has 2 heteroatoms. The highest BCUT2D eigenvalue weighted by Crippen LogP contribution is 2.25. The van der Waals surface area contributed by atoms with E-state index in [1.54, 1.807) is 0 Å². The van der Waals surface area contributed by atoms with Crippen LogP contribution in [-0.4, -0.2) is 23.4 Å². The van der Waals surface area contributed by atoms with Crippen molar-refractivity contribution in [1.82, 2.24) is 4.90 Å². The molecule has 0 aliphatic carbocycles. The second-order valence-electron chi connectivity index (χ2n) is 6.96. The molecule has 0 aromatic heterocycles. The number of likely N-dealkylation sites (tertiary alicyclic amines) is 1. The van der Waals surface area contributed by atoms with E-state index in [1.807, 2.05) is 0 Å². The molecule has 1 aromatic rings. The Morgan fingerprint density at radius 2 is 1.84 bits per heavy atom. The first kappa shape index (κ1) is 14.9. The van der Waals surface area contributed by atoms with E-state index in [4.69, 9.17) is 11.6 Å². The zero-order valence-electron chi connectivity index (χ0n) is 12.6. The van der Waals surface area contributed by atoms with Crippen LogP contribution in [0.1, 0.15) is 45.2 Å². The van der Waals surface area contributed by atoms with Gasteiger partial charge >= 0.3 is 0 Å². The van der Waals surface area contributed by atoms with Crippen LogP contribution in [0.25, 0.3) is 0 Å². The number of benzene rings is 1. The van der Waals surface area contributed by atoms with Crippen molar-refractivity contribution in [3.63, 3.8) is 0 Å². The summed E-state index contributed by atoms with van der Waals surface area (Å²) in [7, 11) is 0. The first-order valence-electron chi connectivity index (χ1n) is 7.32. The third-order valence-electron chi connectivity index (χ3n) is 4.11. The molecule has 1 aliphatic heterocycles. The molecule has 0 N–H and O–H groups in total. The third-order valence-corrected chi connectivity index (χ3v) is 4.76. The number of hydrogen-bond acceptors (Lipinski definition) is 1. The molecular weight excluding hydrogens is 254 g/mol. The molecule has 106 valence electrons. The Hall–Kier alpha value is -0.530. The highest BCUT2D eigenvalue weighted by molar-refractivity contribution is 6.20. The van der Waals surface area contributed by atoms with Gasteiger partial charge < -0.3 is 0 Å². The maximum absolute atomic E-state index is 6.28. The van der Waals surface area contributed by atoms with Gasteiger partial charge in [0.1, 0.15) is 0 Å². The van der Waals surface area contributed by atoms with Crippen LogP contribution in [0.2, 0.25) is 0 Å². The van der Waals surface area contributed by atoms with Gasteiger partial charge in [0.25, 0.3) is 0 Å². The average molecular weight is 280 g/mol. The van der Waals surface area contributed by atoms with E-state index in [0.29, 0.717) is 11.3 Å². The quantitative estimate of drug-likeness (QED) is 0.724. The van der Waals surface area contributed by atoms with E-state index < -0.39 is 0 Å². The van der Waals surface area contributed by atoms with Crippen molar-refractivity contribution in [3.05, 3.63) is 35.4 Å². The van der Waals surface area contributed by atoms with Crippen molar-refractivity contribution in [1.29, 1.82) is 0 Å². The molecule has 19 heavy (non-hydrogen) atoms. The third kappa shape index (κ3) is 3.97. The monoisotopic (exact) mass is 279 g/mol. The first-order chi connectivity index (χ1) is 8.86. The fourth-order valence-electron chi connectivity index (χ4n) is 2.72. The molecule has 0 saturated carbocycles. The Labute approximate surface area is 123 Å². The molecule has 1 heterocycles. The van der Waals surface area contributed by atoms with Crippen molar-refractivity contribution in [2.24, 2.45) is 5.92 Å². The van der Waals surface area contributed by atoms with Gasteiger partial charge in [0, 0.05) is 18.5 Å². The van der Waals surface area contributed by atoms with Crippen LogP contribution in [0, 0.1) is 5.92 Å². The minimum Gasteiger partial charge on any atom is -0.299 e. The molecule has 0 spiro atoms. The Bertz CT molecular complexity index is 404. The summed E-state index contributed by atoms with van der Waals surface area (Å²) in [4.78, 5) is 2.52. The van der Waals surface area contributed by atoms with Gasteiger partial charge in [0.2, 0.25) is 0 Å². The smallest absolute Gasteiger partial charge is 0.0386 e. The maximum Gasteiger partial charge on any atom is 0.0386 e. The number of rotatable bonds is 2. The number of nitrogens with zero attached hydrogens (tertiary/aromatic N) is 1. The number of alkyl halides is 1. The second-order valence-corrected chi connectivity index (χ2v) is 7.52. The van der Waals surface area contributed by atoms with Crippen LogP contribution >= 0.6 is 11.6 Å². The Kier molecular flexibility index (Phi) is 4.58. The summed E-state index contributed by atoms with van der Waals surface area (Å²) in [6, 6.07) is 9.09. The van der Waals surface area contributed by atoms with Gasteiger partial charge in [-0.2, -0.15) is 0 Å². The predicted octanol–water partition coefficient (Wildman–Crippen LogP) is 4.43. The van der Waals surface area contributed by atoms with E-state index in [9.17, 15) is 0 Å². The molecule has 1 aliphatic rings. The zero-order valence-corrected chi connectivity index (χ0v) is 13.4. The van der Waals surface area contributed by atoms with Crippen molar-refractivity contribution in [2.75, 3.05) is 13.1 Å². The summed E-state index contributed by atoms with van der Waals surface area (Å²) >= 11 is 6.28. The molecule has 1 aromatic carbocycles. The molecule has 0 bridgehead atoms. The van der Waals surface area contributed by atoms with Crippen molar-refractivity contribution in [2.45, 2.75) is 51.5 Å². The summed E-state index contributed by atoms with van der Waals surface area (Å²) in [5.41, 5.74) is 3.06. The lowest BCUT2D eigenvalue weighted by Crippen LogP contribution is -2.39. The normalized spacial score (nSPS) is 25.5. The van der Waals surface area contributed by atoms with Gasteiger partial charge in [-0.25, -0.2) is 0 Å². The summed E-state index contributed by atoms with van der Waals surface area (Å²) in [5.74, 6) is 0.601. The maximum atomic E-state index is 6.28. The van der Waals surface area contributed by atoms with E-state index in [2.05, 4.69) is 56.9 Å². The van der Waals surface area contributed by atoms with Crippen LogP contribution in [0.4, 0.5) is 0 Å². The molecule has 1 fully saturated rings. The van der Waals surface area contributed by atoms with Crippen molar-refractivity contribution in [3.8, 4) is 0 Å². The lowest BCUT2D eigenvalue weighted by molar-refractivity contribution is 0.180. The van der Waals surface area contributed by atoms with Crippen molar-refractivity contribution >= 4 is 11.6 Å². The first-order valence-corrected chi connectivity index (χ1v) is 7.76. The fraction of sp³-hybridized carbons (Fsp3) is 0.647. The van der Waals surface area contributed by atoms with Crippen LogP contribution in [0.3, 0.4) is 0 Å². The van der Waals surface area contributed by atoms with E-state index in [1.165, 1.54) is 11.1 Å². The molecular formula is C17H26ClN. The molecule has 2 unspecified atom stereocenters. The molecule has 1 saturated heterocycles. The second kappa shape index (κ2) is 5.85. The van der Waals surface area contributed by atoms with Gasteiger partial charge in [-0.1, -0.05) is 52.0 Å². The Morgan fingerprint density at radius 3 is 2.37 bits per heavy atom. The lowest BCUT2D eigenvalue weighted by atomic mass is 9.86.